The normalized spacial score (nSPS) is 16.0. The molecule has 1 saturated heterocycles. The first-order chi connectivity index (χ1) is 11.2. The Kier molecular flexibility index (Phi) is 4.98. The molecule has 2 N–H and O–H groups in total. The molecule has 0 unspecified atom stereocenters. The standard InChI is InChI=1S/C18H25N3O2/c1-2-9-21-13-14(6-10-20-11-7-19-8-12-20)17-15(18(22)23)4-3-5-16(17)21/h3-5,13,19H,2,6-12H2,1H3,(H,22,23). The van der Waals surface area contributed by atoms with Gasteiger partial charge in [-0.1, -0.05) is 13.0 Å². The molecule has 1 aromatic heterocycles. The average molecular weight is 315 g/mol. The van der Waals surface area contributed by atoms with Crippen molar-refractivity contribution in [3.63, 3.8) is 0 Å². The zero-order chi connectivity index (χ0) is 16.2. The van der Waals surface area contributed by atoms with Gasteiger partial charge in [-0.2, -0.15) is 0 Å². The Bertz CT molecular complexity index is 687. The highest BCUT2D eigenvalue weighted by molar-refractivity contribution is 6.04. The van der Waals surface area contributed by atoms with Gasteiger partial charge in [-0.15, -0.1) is 0 Å². The first kappa shape index (κ1) is 16.0. The van der Waals surface area contributed by atoms with Gasteiger partial charge in [-0.05, 0) is 30.5 Å². The number of hydrogen-bond donors (Lipinski definition) is 2. The number of aromatic carboxylic acids is 1. The molecule has 0 atom stereocenters. The van der Waals surface area contributed by atoms with Crippen molar-refractivity contribution in [3.8, 4) is 0 Å². The predicted octanol–water partition coefficient (Wildman–Crippen LogP) is 2.20. The van der Waals surface area contributed by atoms with Crippen LogP contribution in [-0.2, 0) is 13.0 Å². The largest absolute Gasteiger partial charge is 0.478 e. The van der Waals surface area contributed by atoms with Crippen LogP contribution in [0.2, 0.25) is 0 Å². The molecule has 0 amide bonds. The number of fused-ring (bicyclic) bond motifs is 1. The Morgan fingerprint density at radius 3 is 2.74 bits per heavy atom. The summed E-state index contributed by atoms with van der Waals surface area (Å²) in [6.07, 6.45) is 4.10. The fraction of sp³-hybridized carbons (Fsp3) is 0.500. The highest BCUT2D eigenvalue weighted by Gasteiger charge is 2.17. The van der Waals surface area contributed by atoms with Crippen LogP contribution in [0.4, 0.5) is 0 Å². The number of carboxylic acids is 1. The lowest BCUT2D eigenvalue weighted by molar-refractivity contribution is 0.0699. The van der Waals surface area contributed by atoms with Crippen LogP contribution in [0.5, 0.6) is 0 Å². The first-order valence-electron chi connectivity index (χ1n) is 8.47. The minimum absolute atomic E-state index is 0.424. The molecule has 1 aromatic carbocycles. The molecule has 0 spiro atoms. The summed E-state index contributed by atoms with van der Waals surface area (Å²) in [5, 5.41) is 13.8. The van der Waals surface area contributed by atoms with Gasteiger partial charge < -0.3 is 19.9 Å². The molecule has 1 fully saturated rings. The van der Waals surface area contributed by atoms with Gasteiger partial charge in [-0.25, -0.2) is 4.79 Å². The molecule has 2 heterocycles. The maximum absolute atomic E-state index is 11.6. The van der Waals surface area contributed by atoms with Crippen molar-refractivity contribution in [1.82, 2.24) is 14.8 Å². The lowest BCUT2D eigenvalue weighted by Gasteiger charge is -2.27. The van der Waals surface area contributed by atoms with Gasteiger partial charge in [-0.3, -0.25) is 0 Å². The number of carbonyl (C=O) groups is 1. The number of aryl methyl sites for hydroxylation is 1. The number of piperazine rings is 1. The molecule has 3 rings (SSSR count). The van der Waals surface area contributed by atoms with Crippen LogP contribution in [0.1, 0.15) is 29.3 Å². The molecule has 0 radical (unpaired) electrons. The van der Waals surface area contributed by atoms with Crippen molar-refractivity contribution in [1.29, 1.82) is 0 Å². The Morgan fingerprint density at radius 1 is 1.26 bits per heavy atom. The third-order valence-electron chi connectivity index (χ3n) is 4.59. The first-order valence-corrected chi connectivity index (χ1v) is 8.47. The Balaban J connectivity index is 1.92. The number of aromatic nitrogens is 1. The van der Waals surface area contributed by atoms with Gasteiger partial charge in [0, 0.05) is 56.4 Å². The number of carboxylic acid groups (broad SMARTS) is 1. The van der Waals surface area contributed by atoms with Crippen molar-refractivity contribution in [3.05, 3.63) is 35.5 Å². The second kappa shape index (κ2) is 7.15. The molecular weight excluding hydrogens is 290 g/mol. The summed E-state index contributed by atoms with van der Waals surface area (Å²) >= 11 is 0. The van der Waals surface area contributed by atoms with Crippen LogP contribution < -0.4 is 5.32 Å². The minimum atomic E-state index is -0.840. The summed E-state index contributed by atoms with van der Waals surface area (Å²) in [6.45, 7) is 8.27. The lowest BCUT2D eigenvalue weighted by Crippen LogP contribution is -2.44. The van der Waals surface area contributed by atoms with E-state index in [-0.39, 0.29) is 0 Å². The summed E-state index contributed by atoms with van der Waals surface area (Å²) in [7, 11) is 0. The molecule has 5 heteroatoms. The Morgan fingerprint density at radius 2 is 2.04 bits per heavy atom. The van der Waals surface area contributed by atoms with Crippen LogP contribution in [0.15, 0.2) is 24.4 Å². The molecule has 5 nitrogen and oxygen atoms in total. The molecule has 0 bridgehead atoms. The topological polar surface area (TPSA) is 57.5 Å². The smallest absolute Gasteiger partial charge is 0.336 e. The average Bonchev–Trinajstić information content (AvgIpc) is 2.92. The van der Waals surface area contributed by atoms with Crippen LogP contribution in [0, 0.1) is 0 Å². The molecule has 1 aliphatic heterocycles. The number of benzene rings is 1. The second-order valence-corrected chi connectivity index (χ2v) is 6.19. The van der Waals surface area contributed by atoms with E-state index < -0.39 is 5.97 Å². The summed E-state index contributed by atoms with van der Waals surface area (Å²) in [5.41, 5.74) is 2.62. The van der Waals surface area contributed by atoms with E-state index in [0.717, 1.165) is 68.6 Å². The fourth-order valence-corrected chi connectivity index (χ4v) is 3.45. The molecule has 0 saturated carbocycles. The van der Waals surface area contributed by atoms with Crippen molar-refractivity contribution in [2.75, 3.05) is 32.7 Å². The van der Waals surface area contributed by atoms with Crippen LogP contribution in [0.25, 0.3) is 10.9 Å². The van der Waals surface area contributed by atoms with Crippen LogP contribution >= 0.6 is 0 Å². The fourth-order valence-electron chi connectivity index (χ4n) is 3.45. The van der Waals surface area contributed by atoms with E-state index in [1.54, 1.807) is 6.07 Å². The monoisotopic (exact) mass is 315 g/mol. The highest BCUT2D eigenvalue weighted by atomic mass is 16.4. The maximum atomic E-state index is 11.6. The molecule has 23 heavy (non-hydrogen) atoms. The van der Waals surface area contributed by atoms with Crippen LogP contribution in [0.3, 0.4) is 0 Å². The Hall–Kier alpha value is -1.85. The molecule has 124 valence electrons. The predicted molar refractivity (Wildman–Crippen MR) is 92.2 cm³/mol. The third-order valence-corrected chi connectivity index (χ3v) is 4.59. The zero-order valence-electron chi connectivity index (χ0n) is 13.7. The van der Waals surface area contributed by atoms with Crippen molar-refractivity contribution in [2.45, 2.75) is 26.3 Å². The van der Waals surface area contributed by atoms with E-state index in [1.807, 2.05) is 12.1 Å². The van der Waals surface area contributed by atoms with E-state index >= 15 is 0 Å². The zero-order valence-corrected chi connectivity index (χ0v) is 13.7. The summed E-state index contributed by atoms with van der Waals surface area (Å²) in [4.78, 5) is 14.1. The van der Waals surface area contributed by atoms with Crippen LogP contribution in [-0.4, -0.2) is 53.3 Å². The number of nitrogens with one attached hydrogen (secondary N) is 1. The van der Waals surface area contributed by atoms with Crippen molar-refractivity contribution in [2.24, 2.45) is 0 Å². The quantitative estimate of drug-likeness (QED) is 0.858. The summed E-state index contributed by atoms with van der Waals surface area (Å²) in [6, 6.07) is 5.60. The van der Waals surface area contributed by atoms with Gasteiger partial charge in [0.25, 0.3) is 0 Å². The van der Waals surface area contributed by atoms with E-state index in [1.165, 1.54) is 0 Å². The molecule has 1 aliphatic rings. The second-order valence-electron chi connectivity index (χ2n) is 6.19. The van der Waals surface area contributed by atoms with Gasteiger partial charge in [0.15, 0.2) is 0 Å². The SMILES string of the molecule is CCCn1cc(CCN2CCNCC2)c2c(C(=O)O)cccc21. The lowest BCUT2D eigenvalue weighted by atomic mass is 10.0. The highest BCUT2D eigenvalue weighted by Crippen LogP contribution is 2.26. The van der Waals surface area contributed by atoms with E-state index in [0.29, 0.717) is 5.56 Å². The third kappa shape index (κ3) is 3.41. The maximum Gasteiger partial charge on any atom is 0.336 e. The van der Waals surface area contributed by atoms with E-state index in [9.17, 15) is 9.90 Å². The molecular formula is C18H25N3O2. The number of rotatable bonds is 6. The van der Waals surface area contributed by atoms with Crippen molar-refractivity contribution < 1.29 is 9.90 Å². The molecule has 0 aliphatic carbocycles. The van der Waals surface area contributed by atoms with Gasteiger partial charge in [0.1, 0.15) is 0 Å². The van der Waals surface area contributed by atoms with E-state index in [2.05, 4.69) is 27.9 Å². The summed E-state index contributed by atoms with van der Waals surface area (Å²) < 4.78 is 2.20. The Labute approximate surface area is 136 Å². The van der Waals surface area contributed by atoms with Gasteiger partial charge in [0.05, 0.1) is 5.56 Å². The number of hydrogen-bond acceptors (Lipinski definition) is 3. The van der Waals surface area contributed by atoms with Gasteiger partial charge in [0.2, 0.25) is 0 Å². The minimum Gasteiger partial charge on any atom is -0.478 e. The van der Waals surface area contributed by atoms with Crippen molar-refractivity contribution >= 4 is 16.9 Å². The van der Waals surface area contributed by atoms with Gasteiger partial charge >= 0.3 is 5.97 Å². The molecule has 2 aromatic rings. The van der Waals surface area contributed by atoms with E-state index in [4.69, 9.17) is 0 Å². The summed E-state index contributed by atoms with van der Waals surface area (Å²) in [5.74, 6) is -0.840. The number of nitrogens with zero attached hydrogens (tertiary/aromatic N) is 2.